The number of aromatic nitrogens is 3. The lowest BCUT2D eigenvalue weighted by Gasteiger charge is -2.22. The first kappa shape index (κ1) is 27.5. The number of fused-ring (bicyclic) bond motifs is 1. The molecule has 4 heterocycles. The van der Waals surface area contributed by atoms with Crippen molar-refractivity contribution in [1.29, 1.82) is 0 Å². The number of para-hydroxylation sites is 1. The molecule has 0 radical (unpaired) electrons. The molecule has 0 aliphatic carbocycles. The van der Waals surface area contributed by atoms with E-state index in [2.05, 4.69) is 20.3 Å². The van der Waals surface area contributed by atoms with Gasteiger partial charge in [0.2, 0.25) is 16.9 Å². The zero-order chi connectivity index (χ0) is 28.7. The predicted octanol–water partition coefficient (Wildman–Crippen LogP) is 3.84. The number of benzene rings is 1. The molecular weight excluding hydrogens is 549 g/mol. The molecule has 14 heteroatoms. The quantitative estimate of drug-likeness (QED) is 0.354. The number of hydrogen-bond donors (Lipinski definition) is 1. The van der Waals surface area contributed by atoms with Gasteiger partial charge in [0.05, 0.1) is 17.9 Å². The van der Waals surface area contributed by atoms with E-state index in [1.54, 1.807) is 43.3 Å². The summed E-state index contributed by atoms with van der Waals surface area (Å²) in [4.78, 5) is 27.1. The summed E-state index contributed by atoms with van der Waals surface area (Å²) in [5, 5.41) is 3.16. The van der Waals surface area contributed by atoms with Crippen molar-refractivity contribution in [2.75, 3.05) is 25.5 Å². The number of hydrogen-bond acceptors (Lipinski definition) is 8. The van der Waals surface area contributed by atoms with E-state index in [1.807, 2.05) is 0 Å². The van der Waals surface area contributed by atoms with Gasteiger partial charge >= 0.3 is 6.18 Å². The van der Waals surface area contributed by atoms with E-state index >= 15 is 0 Å². The van der Waals surface area contributed by atoms with E-state index in [-0.39, 0.29) is 24.1 Å². The molecule has 4 aromatic rings. The lowest BCUT2D eigenvalue weighted by molar-refractivity contribution is -0.141. The third-order valence-corrected chi connectivity index (χ3v) is 8.20. The molecule has 40 heavy (non-hydrogen) atoms. The number of nitrogens with one attached hydrogen (secondary N) is 1. The molecule has 1 N–H and O–H groups in total. The molecule has 5 rings (SSSR count). The lowest BCUT2D eigenvalue weighted by Crippen LogP contribution is -2.45. The van der Waals surface area contributed by atoms with Crippen molar-refractivity contribution in [2.45, 2.75) is 36.7 Å². The van der Waals surface area contributed by atoms with Crippen LogP contribution in [0.1, 0.15) is 24.2 Å². The molecule has 0 saturated carbocycles. The van der Waals surface area contributed by atoms with E-state index < -0.39 is 33.8 Å². The number of sulfonamides is 1. The number of anilines is 1. The molecule has 3 aromatic heterocycles. The summed E-state index contributed by atoms with van der Waals surface area (Å²) < 4.78 is 72.2. The normalized spacial score (nSPS) is 16.4. The van der Waals surface area contributed by atoms with Crippen LogP contribution in [0.25, 0.3) is 22.2 Å². The van der Waals surface area contributed by atoms with Gasteiger partial charge in [-0.2, -0.15) is 17.5 Å². The van der Waals surface area contributed by atoms with Gasteiger partial charge < -0.3 is 14.6 Å². The maximum Gasteiger partial charge on any atom is 0.433 e. The molecule has 10 nitrogen and oxygen atoms in total. The summed E-state index contributed by atoms with van der Waals surface area (Å²) in [6, 6.07) is 11.1. The van der Waals surface area contributed by atoms with E-state index in [4.69, 9.17) is 4.42 Å². The van der Waals surface area contributed by atoms with Crippen LogP contribution in [-0.4, -0.2) is 60.3 Å². The molecule has 210 valence electrons. The van der Waals surface area contributed by atoms with Crippen LogP contribution in [0.2, 0.25) is 0 Å². The maximum atomic E-state index is 13.4. The third-order valence-electron chi connectivity index (χ3n) is 6.43. The highest BCUT2D eigenvalue weighted by molar-refractivity contribution is 7.89. The summed E-state index contributed by atoms with van der Waals surface area (Å²) in [7, 11) is -0.666. The van der Waals surface area contributed by atoms with Gasteiger partial charge in [0.15, 0.2) is 0 Å². The Bertz CT molecular complexity index is 1620. The highest BCUT2D eigenvalue weighted by Gasteiger charge is 2.41. The average molecular weight is 575 g/mol. The summed E-state index contributed by atoms with van der Waals surface area (Å²) in [5.41, 5.74) is 0.445. The topological polar surface area (TPSA) is 122 Å². The molecule has 0 unspecified atom stereocenters. The fourth-order valence-electron chi connectivity index (χ4n) is 4.42. The Labute approximate surface area is 227 Å². The number of halogens is 3. The van der Waals surface area contributed by atoms with E-state index in [0.717, 1.165) is 16.6 Å². The Kier molecular flexibility index (Phi) is 7.23. The lowest BCUT2D eigenvalue weighted by atomic mass is 10.1. The van der Waals surface area contributed by atoms with Crippen LogP contribution in [-0.2, 0) is 27.5 Å². The second kappa shape index (κ2) is 10.5. The number of alkyl halides is 3. The Morgan fingerprint density at radius 3 is 2.60 bits per heavy atom. The number of carbonyl (C=O) groups is 1. The SMILES string of the molecule is CN(C)c1nc(CNC(=O)[C@@H]2CCCN2S(=O)(=O)c2cc3ccccc3o2)cc(-c2ccc(C(F)(F)F)nc2)n1. The van der Waals surface area contributed by atoms with Crippen LogP contribution < -0.4 is 10.2 Å². The molecule has 1 amide bonds. The number of rotatable bonds is 7. The van der Waals surface area contributed by atoms with Gasteiger partial charge in [-0.05, 0) is 37.1 Å². The van der Waals surface area contributed by atoms with E-state index in [9.17, 15) is 26.4 Å². The van der Waals surface area contributed by atoms with Crippen molar-refractivity contribution in [3.63, 3.8) is 0 Å². The molecule has 0 spiro atoms. The van der Waals surface area contributed by atoms with Crippen LogP contribution >= 0.6 is 0 Å². The van der Waals surface area contributed by atoms with Crippen molar-refractivity contribution in [1.82, 2.24) is 24.6 Å². The van der Waals surface area contributed by atoms with Gasteiger partial charge in [0.1, 0.15) is 17.3 Å². The van der Waals surface area contributed by atoms with Gasteiger partial charge in [-0.3, -0.25) is 9.78 Å². The van der Waals surface area contributed by atoms with Crippen LogP contribution in [0.4, 0.5) is 19.1 Å². The Morgan fingerprint density at radius 1 is 1.15 bits per heavy atom. The number of furan rings is 1. The van der Waals surface area contributed by atoms with Crippen LogP contribution in [0.15, 0.2) is 64.2 Å². The van der Waals surface area contributed by atoms with Crippen molar-refractivity contribution in [2.24, 2.45) is 0 Å². The minimum atomic E-state index is -4.57. The zero-order valence-corrected chi connectivity index (χ0v) is 22.3. The highest BCUT2D eigenvalue weighted by atomic mass is 32.2. The highest BCUT2D eigenvalue weighted by Crippen LogP contribution is 2.31. The number of amides is 1. The largest absolute Gasteiger partial charge is 0.443 e. The van der Waals surface area contributed by atoms with E-state index in [1.165, 1.54) is 18.2 Å². The average Bonchev–Trinajstić information content (AvgIpc) is 3.60. The first-order valence-electron chi connectivity index (χ1n) is 12.3. The summed E-state index contributed by atoms with van der Waals surface area (Å²) in [6.07, 6.45) is -2.66. The number of pyridine rings is 1. The molecule has 0 bridgehead atoms. The van der Waals surface area contributed by atoms with Crippen molar-refractivity contribution in [3.05, 3.63) is 66.1 Å². The van der Waals surface area contributed by atoms with Crippen molar-refractivity contribution < 1.29 is 30.8 Å². The maximum absolute atomic E-state index is 13.4. The zero-order valence-electron chi connectivity index (χ0n) is 21.5. The number of carbonyl (C=O) groups excluding carboxylic acids is 1. The molecule has 1 aliphatic heterocycles. The minimum Gasteiger partial charge on any atom is -0.443 e. The van der Waals surface area contributed by atoms with Crippen LogP contribution in [0.3, 0.4) is 0 Å². The molecule has 1 saturated heterocycles. The molecule has 1 fully saturated rings. The summed E-state index contributed by atoms with van der Waals surface area (Å²) in [6.45, 7) is 0.110. The minimum absolute atomic E-state index is 0.0573. The first-order valence-corrected chi connectivity index (χ1v) is 13.7. The standard InChI is InChI=1S/C26H25F3N6O4S/c1-34(2)25-32-18(13-19(33-25)17-9-10-22(30-14-17)26(27,28)29)15-31-24(36)20-7-5-11-35(20)40(37,38)23-12-16-6-3-4-8-21(16)39-23/h3-4,6,8-10,12-14,20H,5,7,11,15H2,1-2H3,(H,31,36)/t20-/m0/s1. The fraction of sp³-hybridized carbons (Fsp3) is 0.308. The van der Waals surface area contributed by atoms with Gasteiger partial charge in [0, 0.05) is 43.9 Å². The Balaban J connectivity index is 1.34. The van der Waals surface area contributed by atoms with Gasteiger partial charge in [-0.1, -0.05) is 18.2 Å². The molecular formula is C26H25F3N6O4S. The molecule has 1 aliphatic rings. The molecule has 1 atom stereocenters. The number of nitrogens with zero attached hydrogens (tertiary/aromatic N) is 5. The summed E-state index contributed by atoms with van der Waals surface area (Å²) >= 11 is 0. The van der Waals surface area contributed by atoms with Crippen molar-refractivity contribution >= 4 is 32.8 Å². The van der Waals surface area contributed by atoms with Crippen LogP contribution in [0, 0.1) is 0 Å². The Hall–Kier alpha value is -4.04. The smallest absolute Gasteiger partial charge is 0.433 e. The van der Waals surface area contributed by atoms with Gasteiger partial charge in [-0.25, -0.2) is 18.4 Å². The predicted molar refractivity (Wildman–Crippen MR) is 140 cm³/mol. The second-order valence-electron chi connectivity index (χ2n) is 9.46. The van der Waals surface area contributed by atoms with Gasteiger partial charge in [0.25, 0.3) is 10.0 Å². The van der Waals surface area contributed by atoms with E-state index in [0.29, 0.717) is 40.8 Å². The van der Waals surface area contributed by atoms with Crippen molar-refractivity contribution in [3.8, 4) is 11.3 Å². The monoisotopic (exact) mass is 574 g/mol. The van der Waals surface area contributed by atoms with Crippen LogP contribution in [0.5, 0.6) is 0 Å². The van der Waals surface area contributed by atoms with Gasteiger partial charge in [-0.15, -0.1) is 0 Å². The third kappa shape index (κ3) is 5.49. The first-order chi connectivity index (χ1) is 18.9. The second-order valence-corrected chi connectivity index (χ2v) is 11.3. The fourth-order valence-corrected chi connectivity index (χ4v) is 6.03. The Morgan fingerprint density at radius 2 is 1.93 bits per heavy atom. The summed E-state index contributed by atoms with van der Waals surface area (Å²) in [5.74, 6) is -0.225. The molecule has 1 aromatic carbocycles.